The molecule has 2 aromatic rings. The summed E-state index contributed by atoms with van der Waals surface area (Å²) in [6, 6.07) is 6.27. The first kappa shape index (κ1) is 17.0. The summed E-state index contributed by atoms with van der Waals surface area (Å²) in [5, 5.41) is 5.31. The van der Waals surface area contributed by atoms with Crippen LogP contribution in [0.3, 0.4) is 0 Å². The van der Waals surface area contributed by atoms with Crippen molar-refractivity contribution >= 4 is 23.0 Å². The zero-order chi connectivity index (χ0) is 18.3. The Bertz CT molecular complexity index is 852. The molecule has 1 amide bonds. The summed E-state index contributed by atoms with van der Waals surface area (Å²) in [7, 11) is 0. The number of ether oxygens (including phenoxy) is 1. The van der Waals surface area contributed by atoms with E-state index in [1.54, 1.807) is 0 Å². The lowest BCUT2D eigenvalue weighted by Gasteiger charge is -2.44. The van der Waals surface area contributed by atoms with Gasteiger partial charge in [-0.25, -0.2) is 9.59 Å². The van der Waals surface area contributed by atoms with Crippen LogP contribution in [0.1, 0.15) is 48.3 Å². The predicted octanol–water partition coefficient (Wildman–Crippen LogP) is 2.49. The van der Waals surface area contributed by atoms with E-state index in [1.165, 1.54) is 5.56 Å². The molecular weight excluding hydrogens is 332 g/mol. The molecule has 3 saturated heterocycles. The number of aryl methyl sites for hydroxylation is 1. The second-order valence-electron chi connectivity index (χ2n) is 7.31. The van der Waals surface area contributed by atoms with Crippen LogP contribution in [0.25, 0.3) is 10.9 Å². The average molecular weight is 356 g/mol. The first-order chi connectivity index (χ1) is 12.6. The number of esters is 1. The Morgan fingerprint density at radius 3 is 2.69 bits per heavy atom. The molecule has 0 unspecified atom stereocenters. The van der Waals surface area contributed by atoms with Crippen LogP contribution in [0.15, 0.2) is 18.2 Å². The number of carbonyl (C=O) groups excluding carboxylic acids is 2. The van der Waals surface area contributed by atoms with E-state index >= 15 is 0 Å². The highest BCUT2D eigenvalue weighted by molar-refractivity contribution is 6.05. The molecule has 5 rings (SSSR count). The van der Waals surface area contributed by atoms with Crippen LogP contribution in [-0.2, 0) is 11.2 Å². The number of rotatable bonds is 4. The minimum absolute atomic E-state index is 0.165. The lowest BCUT2D eigenvalue weighted by Crippen LogP contribution is -2.48. The molecule has 1 aromatic carbocycles. The number of hydrogen-bond acceptors (Lipinski definition) is 5. The Kier molecular flexibility index (Phi) is 4.40. The number of aromatic nitrogens is 2. The molecule has 7 nitrogen and oxygen atoms in total. The monoisotopic (exact) mass is 356 g/mol. The number of piperidine rings is 3. The highest BCUT2D eigenvalue weighted by Gasteiger charge is 2.37. The minimum atomic E-state index is -1.11. The van der Waals surface area contributed by atoms with Gasteiger partial charge in [0.15, 0.2) is 5.69 Å². The number of amides is 1. The molecule has 138 valence electrons. The zero-order valence-electron chi connectivity index (χ0n) is 15.0. The summed E-state index contributed by atoms with van der Waals surface area (Å²) in [4.78, 5) is 25.8. The predicted molar refractivity (Wildman–Crippen MR) is 96.9 cm³/mol. The third kappa shape index (κ3) is 2.96. The highest BCUT2D eigenvalue weighted by atomic mass is 16.6. The molecule has 4 heterocycles. The normalized spacial score (nSPS) is 24.7. The van der Waals surface area contributed by atoms with Crippen molar-refractivity contribution < 1.29 is 14.3 Å². The van der Waals surface area contributed by atoms with Crippen LogP contribution in [-0.4, -0.2) is 46.4 Å². The van der Waals surface area contributed by atoms with Crippen molar-refractivity contribution in [3.05, 3.63) is 29.5 Å². The van der Waals surface area contributed by atoms with Crippen molar-refractivity contribution in [2.24, 2.45) is 11.7 Å². The molecule has 3 aliphatic heterocycles. The molecule has 0 saturated carbocycles. The van der Waals surface area contributed by atoms with Gasteiger partial charge in [0.2, 0.25) is 0 Å². The summed E-state index contributed by atoms with van der Waals surface area (Å²) in [6.07, 6.45) is 3.23. The van der Waals surface area contributed by atoms with Gasteiger partial charge < -0.3 is 15.4 Å². The minimum Gasteiger partial charge on any atom is -0.371 e. The lowest BCUT2D eigenvalue weighted by molar-refractivity contribution is 0.0518. The van der Waals surface area contributed by atoms with Gasteiger partial charge in [-0.2, -0.15) is 5.10 Å². The molecule has 0 spiro atoms. The van der Waals surface area contributed by atoms with Gasteiger partial charge >= 0.3 is 12.1 Å². The number of carbonyl (C=O) groups is 2. The van der Waals surface area contributed by atoms with Crippen LogP contribution in [0, 0.1) is 5.92 Å². The van der Waals surface area contributed by atoms with Crippen LogP contribution < -0.4 is 5.73 Å². The highest BCUT2D eigenvalue weighted by Crippen LogP contribution is 2.37. The fourth-order valence-corrected chi connectivity index (χ4v) is 4.38. The van der Waals surface area contributed by atoms with Gasteiger partial charge in [-0.05, 0) is 49.9 Å². The third-order valence-electron chi connectivity index (χ3n) is 5.63. The average Bonchev–Trinajstić information content (AvgIpc) is 3.01. The van der Waals surface area contributed by atoms with E-state index in [-0.39, 0.29) is 11.7 Å². The smallest absolute Gasteiger partial charge is 0.371 e. The molecule has 2 bridgehead atoms. The third-order valence-corrected chi connectivity index (χ3v) is 5.63. The van der Waals surface area contributed by atoms with E-state index in [9.17, 15) is 9.59 Å². The fraction of sp³-hybridized carbons (Fsp3) is 0.526. The molecule has 26 heavy (non-hydrogen) atoms. The van der Waals surface area contributed by atoms with E-state index in [1.807, 2.05) is 16.8 Å². The molecule has 1 atom stereocenters. The molecule has 0 radical (unpaired) electrons. The first-order valence-corrected chi connectivity index (χ1v) is 9.32. The zero-order valence-corrected chi connectivity index (χ0v) is 15.0. The molecule has 2 N–H and O–H groups in total. The first-order valence-electron chi connectivity index (χ1n) is 9.32. The maximum Gasteiger partial charge on any atom is 0.412 e. The van der Waals surface area contributed by atoms with Gasteiger partial charge in [0, 0.05) is 11.9 Å². The van der Waals surface area contributed by atoms with E-state index in [0.717, 1.165) is 50.8 Å². The van der Waals surface area contributed by atoms with E-state index in [4.69, 9.17) is 5.73 Å². The van der Waals surface area contributed by atoms with E-state index < -0.39 is 12.1 Å². The number of hydrogen-bond donors (Lipinski definition) is 1. The van der Waals surface area contributed by atoms with Gasteiger partial charge in [-0.3, -0.25) is 4.68 Å². The van der Waals surface area contributed by atoms with Crippen molar-refractivity contribution in [3.63, 3.8) is 0 Å². The molecule has 7 heteroatoms. The summed E-state index contributed by atoms with van der Waals surface area (Å²) in [6.45, 7) is 5.37. The van der Waals surface area contributed by atoms with Crippen LogP contribution in [0.2, 0.25) is 0 Å². The number of primary amides is 1. The Balaban J connectivity index is 1.80. The van der Waals surface area contributed by atoms with Crippen molar-refractivity contribution in [3.8, 4) is 0 Å². The second-order valence-corrected chi connectivity index (χ2v) is 7.31. The van der Waals surface area contributed by atoms with Crippen molar-refractivity contribution in [2.75, 3.05) is 19.6 Å². The molecule has 3 aliphatic rings. The summed E-state index contributed by atoms with van der Waals surface area (Å²) in [5.41, 5.74) is 7.34. The maximum atomic E-state index is 12.3. The molecular formula is C19H24N4O3. The van der Waals surface area contributed by atoms with Gasteiger partial charge in [-0.1, -0.05) is 25.5 Å². The Morgan fingerprint density at radius 1 is 1.31 bits per heavy atom. The van der Waals surface area contributed by atoms with Gasteiger partial charge in [0.1, 0.15) is 0 Å². The summed E-state index contributed by atoms with van der Waals surface area (Å²) < 4.78 is 6.59. The Hall–Kier alpha value is -2.41. The number of nitrogens with two attached hydrogens (primary N) is 1. The van der Waals surface area contributed by atoms with Gasteiger partial charge in [0.05, 0.1) is 11.6 Å². The largest absolute Gasteiger partial charge is 0.412 e. The SMILES string of the molecule is CCCc1ccc2c(C(=O)OC(N)=O)nn([C@@H]3CN4CCC3CC4)c2c1. The van der Waals surface area contributed by atoms with Gasteiger partial charge in [-0.15, -0.1) is 0 Å². The lowest BCUT2D eigenvalue weighted by atomic mass is 9.84. The van der Waals surface area contributed by atoms with Gasteiger partial charge in [0.25, 0.3) is 0 Å². The summed E-state index contributed by atoms with van der Waals surface area (Å²) in [5.74, 6) is -0.219. The van der Waals surface area contributed by atoms with Crippen LogP contribution >= 0.6 is 0 Å². The topological polar surface area (TPSA) is 90.5 Å². The Morgan fingerprint density at radius 2 is 2.08 bits per heavy atom. The van der Waals surface area contributed by atoms with Crippen molar-refractivity contribution in [1.29, 1.82) is 0 Å². The van der Waals surface area contributed by atoms with Crippen LogP contribution in [0.4, 0.5) is 4.79 Å². The molecule has 1 aromatic heterocycles. The quantitative estimate of drug-likeness (QED) is 0.671. The Labute approximate surface area is 152 Å². The standard InChI is InChI=1S/C19H24N4O3/c1-2-3-12-4-5-14-15(10-12)23(21-17(14)18(24)26-19(20)25)16-11-22-8-6-13(16)7-9-22/h4-5,10,13,16H,2-3,6-9,11H2,1H3,(H2,20,25)/t16-/m1/s1. The number of fused-ring (bicyclic) bond motifs is 4. The van der Waals surface area contributed by atoms with Crippen molar-refractivity contribution in [1.82, 2.24) is 14.7 Å². The van der Waals surface area contributed by atoms with Crippen LogP contribution in [0.5, 0.6) is 0 Å². The second kappa shape index (κ2) is 6.72. The fourth-order valence-electron chi connectivity index (χ4n) is 4.38. The van der Waals surface area contributed by atoms with E-state index in [0.29, 0.717) is 11.3 Å². The number of benzene rings is 1. The molecule has 3 fully saturated rings. The van der Waals surface area contributed by atoms with Crippen molar-refractivity contribution in [2.45, 2.75) is 38.6 Å². The molecule has 0 aliphatic carbocycles. The summed E-state index contributed by atoms with van der Waals surface area (Å²) >= 11 is 0. The number of nitrogens with zero attached hydrogens (tertiary/aromatic N) is 3. The van der Waals surface area contributed by atoms with E-state index in [2.05, 4.69) is 27.7 Å². The maximum absolute atomic E-state index is 12.3.